The monoisotopic (exact) mass is 277 g/mol. The molecular weight excluding hydrogens is 261 g/mol. The number of hydrogen-bond acceptors (Lipinski definition) is 1. The Hall–Kier alpha value is -0.0500. The first kappa shape index (κ1) is 13.9. The van der Waals surface area contributed by atoms with Crippen LogP contribution in [-0.2, 0) is 0 Å². The third-order valence-electron chi connectivity index (χ3n) is 2.16. The van der Waals surface area contributed by atoms with Gasteiger partial charge in [0, 0.05) is 10.5 Å². The average Bonchev–Trinajstić information content (AvgIpc) is 2.03. The summed E-state index contributed by atoms with van der Waals surface area (Å²) in [6, 6.07) is 8.29. The van der Waals surface area contributed by atoms with E-state index >= 15 is 0 Å². The molecule has 0 aliphatic rings. The second-order valence-corrected chi connectivity index (χ2v) is 5.31. The molecule has 1 atom stereocenters. The van der Waals surface area contributed by atoms with E-state index in [1.54, 1.807) is 0 Å². The van der Waals surface area contributed by atoms with Crippen LogP contribution < -0.4 is 5.73 Å². The highest BCUT2D eigenvalue weighted by atomic mass is 79.9. The molecular formula is C11H17BrClN. The van der Waals surface area contributed by atoms with Gasteiger partial charge in [0.25, 0.3) is 0 Å². The molecule has 0 aromatic heterocycles. The van der Waals surface area contributed by atoms with Gasteiger partial charge in [0.05, 0.1) is 0 Å². The van der Waals surface area contributed by atoms with Crippen molar-refractivity contribution in [2.75, 3.05) is 0 Å². The van der Waals surface area contributed by atoms with E-state index in [2.05, 4.69) is 48.8 Å². The number of hydrogen-bond donors (Lipinski definition) is 1. The van der Waals surface area contributed by atoms with Crippen molar-refractivity contribution in [3.05, 3.63) is 34.3 Å². The minimum Gasteiger partial charge on any atom is -0.324 e. The lowest BCUT2D eigenvalue weighted by Gasteiger charge is -2.27. The van der Waals surface area contributed by atoms with Crippen molar-refractivity contribution >= 4 is 28.3 Å². The third-order valence-corrected chi connectivity index (χ3v) is 2.69. The van der Waals surface area contributed by atoms with Crippen LogP contribution in [-0.4, -0.2) is 0 Å². The predicted octanol–water partition coefficient (Wildman–Crippen LogP) is 3.92. The highest BCUT2D eigenvalue weighted by molar-refractivity contribution is 9.10. The average molecular weight is 279 g/mol. The maximum Gasteiger partial charge on any atom is 0.0344 e. The molecule has 0 fully saturated rings. The van der Waals surface area contributed by atoms with E-state index in [0.29, 0.717) is 0 Å². The molecule has 0 saturated carbocycles. The van der Waals surface area contributed by atoms with Crippen molar-refractivity contribution in [1.29, 1.82) is 0 Å². The third kappa shape index (κ3) is 3.60. The lowest BCUT2D eigenvalue weighted by atomic mass is 9.83. The number of nitrogens with two attached hydrogens (primary N) is 1. The van der Waals surface area contributed by atoms with Crippen molar-refractivity contribution in [1.82, 2.24) is 0 Å². The highest BCUT2D eigenvalue weighted by Crippen LogP contribution is 2.30. The van der Waals surface area contributed by atoms with Crippen LogP contribution in [0, 0.1) is 5.41 Å². The van der Waals surface area contributed by atoms with Gasteiger partial charge >= 0.3 is 0 Å². The summed E-state index contributed by atoms with van der Waals surface area (Å²) >= 11 is 3.40. The summed E-state index contributed by atoms with van der Waals surface area (Å²) in [6.07, 6.45) is 0. The molecule has 0 amide bonds. The van der Waals surface area contributed by atoms with E-state index < -0.39 is 0 Å². The van der Waals surface area contributed by atoms with E-state index in [4.69, 9.17) is 5.73 Å². The van der Waals surface area contributed by atoms with Gasteiger partial charge in [-0.05, 0) is 23.1 Å². The van der Waals surface area contributed by atoms with Gasteiger partial charge in [-0.15, -0.1) is 12.4 Å². The van der Waals surface area contributed by atoms with Crippen LogP contribution in [0.1, 0.15) is 32.4 Å². The summed E-state index contributed by atoms with van der Waals surface area (Å²) in [5.74, 6) is 0. The molecule has 1 nitrogen and oxygen atoms in total. The van der Waals surface area contributed by atoms with Crippen molar-refractivity contribution in [2.45, 2.75) is 26.8 Å². The van der Waals surface area contributed by atoms with E-state index in [9.17, 15) is 0 Å². The zero-order chi connectivity index (χ0) is 10.1. The molecule has 3 heteroatoms. The first-order valence-corrected chi connectivity index (χ1v) is 5.21. The molecule has 1 rings (SSSR count). The first-order chi connectivity index (χ1) is 5.91. The fourth-order valence-corrected chi connectivity index (χ4v) is 1.43. The molecule has 0 spiro atoms. The topological polar surface area (TPSA) is 26.0 Å². The van der Waals surface area contributed by atoms with Crippen LogP contribution in [0.25, 0.3) is 0 Å². The molecule has 2 N–H and O–H groups in total. The predicted molar refractivity (Wildman–Crippen MR) is 67.8 cm³/mol. The Morgan fingerprint density at radius 1 is 1.14 bits per heavy atom. The van der Waals surface area contributed by atoms with Crippen molar-refractivity contribution in [3.8, 4) is 0 Å². The molecule has 1 aromatic carbocycles. The molecule has 14 heavy (non-hydrogen) atoms. The number of halogens is 2. The molecule has 0 bridgehead atoms. The van der Waals surface area contributed by atoms with Crippen LogP contribution in [0.2, 0.25) is 0 Å². The fourth-order valence-electron chi connectivity index (χ4n) is 1.17. The summed E-state index contributed by atoms with van der Waals surface area (Å²) in [7, 11) is 0. The van der Waals surface area contributed by atoms with Gasteiger partial charge in [-0.2, -0.15) is 0 Å². The van der Waals surface area contributed by atoms with Crippen LogP contribution in [0.5, 0.6) is 0 Å². The van der Waals surface area contributed by atoms with Gasteiger partial charge < -0.3 is 5.73 Å². The standard InChI is InChI=1S/C11H16BrN.ClH/c1-11(2,3)10(13)8-4-6-9(12)7-5-8;/h4-7,10H,13H2,1-3H3;1H/t10-;/m0./s1. The second kappa shape index (κ2) is 5.15. The Morgan fingerprint density at radius 3 is 1.93 bits per heavy atom. The molecule has 0 saturated heterocycles. The zero-order valence-electron chi connectivity index (χ0n) is 8.75. The highest BCUT2D eigenvalue weighted by Gasteiger charge is 2.21. The van der Waals surface area contributed by atoms with Gasteiger partial charge in [-0.3, -0.25) is 0 Å². The summed E-state index contributed by atoms with van der Waals surface area (Å²) < 4.78 is 1.09. The minimum atomic E-state index is 0. The Labute approximate surface area is 101 Å². The quantitative estimate of drug-likeness (QED) is 0.828. The largest absolute Gasteiger partial charge is 0.324 e. The lowest BCUT2D eigenvalue weighted by molar-refractivity contribution is 0.327. The van der Waals surface area contributed by atoms with Crippen molar-refractivity contribution in [2.24, 2.45) is 11.1 Å². The Kier molecular flexibility index (Phi) is 5.13. The van der Waals surface area contributed by atoms with Crippen LogP contribution in [0.3, 0.4) is 0 Å². The summed E-state index contributed by atoms with van der Waals surface area (Å²) in [5, 5.41) is 0. The SMILES string of the molecule is CC(C)(C)[C@@H](N)c1ccc(Br)cc1.Cl. The summed E-state index contributed by atoms with van der Waals surface area (Å²) in [4.78, 5) is 0. The zero-order valence-corrected chi connectivity index (χ0v) is 11.2. The molecule has 0 heterocycles. The summed E-state index contributed by atoms with van der Waals surface area (Å²) in [6.45, 7) is 6.46. The minimum absolute atomic E-state index is 0. The van der Waals surface area contributed by atoms with Crippen LogP contribution >= 0.6 is 28.3 Å². The number of rotatable bonds is 1. The van der Waals surface area contributed by atoms with Gasteiger partial charge in [0.1, 0.15) is 0 Å². The second-order valence-electron chi connectivity index (χ2n) is 4.40. The maximum absolute atomic E-state index is 6.11. The van der Waals surface area contributed by atoms with E-state index in [1.807, 2.05) is 12.1 Å². The first-order valence-electron chi connectivity index (χ1n) is 4.42. The molecule has 0 aliphatic heterocycles. The van der Waals surface area contributed by atoms with Crippen molar-refractivity contribution < 1.29 is 0 Å². The van der Waals surface area contributed by atoms with Gasteiger partial charge in [0.15, 0.2) is 0 Å². The Morgan fingerprint density at radius 2 is 1.57 bits per heavy atom. The lowest BCUT2D eigenvalue weighted by Crippen LogP contribution is -2.26. The fraction of sp³-hybridized carbons (Fsp3) is 0.455. The van der Waals surface area contributed by atoms with Crippen molar-refractivity contribution in [3.63, 3.8) is 0 Å². The number of benzene rings is 1. The van der Waals surface area contributed by atoms with E-state index in [-0.39, 0.29) is 23.9 Å². The smallest absolute Gasteiger partial charge is 0.0344 e. The summed E-state index contributed by atoms with van der Waals surface area (Å²) in [5.41, 5.74) is 7.42. The molecule has 0 unspecified atom stereocenters. The molecule has 0 aliphatic carbocycles. The molecule has 0 radical (unpaired) electrons. The molecule has 80 valence electrons. The van der Waals surface area contributed by atoms with Gasteiger partial charge in [-0.1, -0.05) is 48.8 Å². The van der Waals surface area contributed by atoms with Gasteiger partial charge in [0.2, 0.25) is 0 Å². The van der Waals surface area contributed by atoms with E-state index in [0.717, 1.165) is 4.47 Å². The van der Waals surface area contributed by atoms with Gasteiger partial charge in [-0.25, -0.2) is 0 Å². The van der Waals surface area contributed by atoms with Crippen LogP contribution in [0.15, 0.2) is 28.7 Å². The Bertz CT molecular complexity index is 276. The Balaban J connectivity index is 0.00000169. The van der Waals surface area contributed by atoms with Crippen LogP contribution in [0.4, 0.5) is 0 Å². The maximum atomic E-state index is 6.11. The molecule has 1 aromatic rings. The normalized spacial score (nSPS) is 13.2. The van der Waals surface area contributed by atoms with E-state index in [1.165, 1.54) is 5.56 Å².